The molecule has 16 heavy (non-hydrogen) atoms. The first kappa shape index (κ1) is 13.3. The number of hydrogen-bond donors (Lipinski definition) is 0. The van der Waals surface area contributed by atoms with Crippen LogP contribution >= 0.6 is 15.9 Å². The molecule has 0 aromatic heterocycles. The fraction of sp³-hybridized carbons (Fsp3) is 0.417. The Hall–Kier alpha value is -0.765. The highest BCUT2D eigenvalue weighted by Gasteiger charge is 2.21. The third kappa shape index (κ3) is 3.37. The minimum Gasteiger partial charge on any atom is -0.456 e. The van der Waals surface area contributed by atoms with Gasteiger partial charge < -0.3 is 4.74 Å². The zero-order chi connectivity index (χ0) is 12.3. The van der Waals surface area contributed by atoms with Gasteiger partial charge in [-0.25, -0.2) is 4.79 Å². The Balaban J connectivity index is 3.08. The van der Waals surface area contributed by atoms with Crippen molar-refractivity contribution in [2.45, 2.75) is 31.7 Å². The Morgan fingerprint density at radius 1 is 1.44 bits per heavy atom. The number of alkyl halides is 1. The standard InChI is InChI=1S/C12H14BBrO2/c1-12(2,3)16-11(15)10-8(7-14)5-4-6-9(10)13/h4-6H,7H2,1-3H3. The Labute approximate surface area is 106 Å². The van der Waals surface area contributed by atoms with Crippen molar-refractivity contribution in [2.75, 3.05) is 0 Å². The Kier molecular flexibility index (Phi) is 4.19. The van der Waals surface area contributed by atoms with Gasteiger partial charge >= 0.3 is 5.97 Å². The van der Waals surface area contributed by atoms with Crippen molar-refractivity contribution in [3.05, 3.63) is 29.3 Å². The van der Waals surface area contributed by atoms with Crippen LogP contribution in [-0.2, 0) is 10.1 Å². The number of rotatable bonds is 2. The van der Waals surface area contributed by atoms with E-state index in [1.54, 1.807) is 6.07 Å². The number of carbonyl (C=O) groups is 1. The summed E-state index contributed by atoms with van der Waals surface area (Å²) in [7, 11) is 5.80. The molecule has 0 fully saturated rings. The van der Waals surface area contributed by atoms with Gasteiger partial charge in [0.25, 0.3) is 0 Å². The molecule has 0 atom stereocenters. The fourth-order valence-electron chi connectivity index (χ4n) is 1.31. The highest BCUT2D eigenvalue weighted by molar-refractivity contribution is 9.08. The number of carbonyl (C=O) groups excluding carboxylic acids is 1. The van der Waals surface area contributed by atoms with Crippen LogP contribution in [0.25, 0.3) is 0 Å². The molecule has 2 nitrogen and oxygen atoms in total. The summed E-state index contributed by atoms with van der Waals surface area (Å²) >= 11 is 3.33. The molecule has 0 aliphatic heterocycles. The van der Waals surface area contributed by atoms with Gasteiger partial charge in [-0.3, -0.25) is 0 Å². The molecule has 0 unspecified atom stereocenters. The van der Waals surface area contributed by atoms with Crippen molar-refractivity contribution in [3.63, 3.8) is 0 Å². The Morgan fingerprint density at radius 3 is 2.56 bits per heavy atom. The van der Waals surface area contributed by atoms with E-state index in [9.17, 15) is 4.79 Å². The van der Waals surface area contributed by atoms with Gasteiger partial charge in [0, 0.05) is 5.33 Å². The largest absolute Gasteiger partial charge is 0.456 e. The van der Waals surface area contributed by atoms with E-state index in [0.717, 1.165) is 5.56 Å². The maximum Gasteiger partial charge on any atom is 0.338 e. The third-order valence-electron chi connectivity index (χ3n) is 1.93. The maximum atomic E-state index is 11.9. The molecule has 1 rings (SSSR count). The fourth-order valence-corrected chi connectivity index (χ4v) is 1.78. The second kappa shape index (κ2) is 5.04. The zero-order valence-corrected chi connectivity index (χ0v) is 11.3. The average molecular weight is 281 g/mol. The van der Waals surface area contributed by atoms with E-state index < -0.39 is 5.60 Å². The van der Waals surface area contributed by atoms with Crippen molar-refractivity contribution < 1.29 is 9.53 Å². The normalized spacial score (nSPS) is 11.2. The highest BCUT2D eigenvalue weighted by Crippen LogP contribution is 2.15. The summed E-state index contributed by atoms with van der Waals surface area (Å²) in [4.78, 5) is 11.9. The summed E-state index contributed by atoms with van der Waals surface area (Å²) in [5.41, 5.74) is 1.23. The van der Waals surface area contributed by atoms with Crippen LogP contribution < -0.4 is 5.46 Å². The summed E-state index contributed by atoms with van der Waals surface area (Å²) in [6.45, 7) is 5.49. The van der Waals surface area contributed by atoms with Crippen LogP contribution in [0.3, 0.4) is 0 Å². The first-order chi connectivity index (χ1) is 7.35. The molecule has 0 amide bonds. The minimum atomic E-state index is -0.511. The molecular weight excluding hydrogens is 267 g/mol. The molecule has 2 radical (unpaired) electrons. The van der Waals surface area contributed by atoms with E-state index in [0.29, 0.717) is 16.4 Å². The third-order valence-corrected chi connectivity index (χ3v) is 2.53. The topological polar surface area (TPSA) is 26.3 Å². The zero-order valence-electron chi connectivity index (χ0n) is 9.71. The molecule has 84 valence electrons. The predicted octanol–water partition coefficient (Wildman–Crippen LogP) is 2.33. The Morgan fingerprint density at radius 2 is 2.06 bits per heavy atom. The molecule has 0 aliphatic carbocycles. The van der Waals surface area contributed by atoms with E-state index >= 15 is 0 Å². The van der Waals surface area contributed by atoms with Gasteiger partial charge in [0.15, 0.2) is 0 Å². The smallest absolute Gasteiger partial charge is 0.338 e. The monoisotopic (exact) mass is 280 g/mol. The molecule has 0 bridgehead atoms. The van der Waals surface area contributed by atoms with Crippen molar-refractivity contribution in [3.8, 4) is 0 Å². The van der Waals surface area contributed by atoms with Crippen molar-refractivity contribution in [1.29, 1.82) is 0 Å². The van der Waals surface area contributed by atoms with Crippen molar-refractivity contribution in [2.24, 2.45) is 0 Å². The van der Waals surface area contributed by atoms with Gasteiger partial charge in [0.05, 0.1) is 5.56 Å². The van der Waals surface area contributed by atoms with Gasteiger partial charge in [-0.05, 0) is 26.3 Å². The lowest BCUT2D eigenvalue weighted by atomic mass is 9.88. The van der Waals surface area contributed by atoms with Crippen LogP contribution in [0.5, 0.6) is 0 Å². The first-order valence-electron chi connectivity index (χ1n) is 5.02. The molecule has 0 aliphatic rings. The summed E-state index contributed by atoms with van der Waals surface area (Å²) in [6.07, 6.45) is 0. The minimum absolute atomic E-state index is 0.375. The molecular formula is C12H14BBrO2. The summed E-state index contributed by atoms with van der Waals surface area (Å²) in [5, 5.41) is 0.576. The van der Waals surface area contributed by atoms with Crippen LogP contribution in [-0.4, -0.2) is 19.4 Å². The number of ether oxygens (including phenoxy) is 1. The van der Waals surface area contributed by atoms with Crippen molar-refractivity contribution in [1.82, 2.24) is 0 Å². The van der Waals surface area contributed by atoms with Gasteiger partial charge in [-0.15, -0.1) is 0 Å². The lowest BCUT2D eigenvalue weighted by molar-refractivity contribution is 0.00703. The second-order valence-electron chi connectivity index (χ2n) is 4.52. The summed E-state index contributed by atoms with van der Waals surface area (Å²) < 4.78 is 5.31. The lowest BCUT2D eigenvalue weighted by Gasteiger charge is -2.21. The van der Waals surface area contributed by atoms with Crippen molar-refractivity contribution >= 4 is 35.2 Å². The number of benzene rings is 1. The second-order valence-corrected chi connectivity index (χ2v) is 5.08. The van der Waals surface area contributed by atoms with Gasteiger partial charge in [-0.1, -0.05) is 39.6 Å². The number of hydrogen-bond acceptors (Lipinski definition) is 2. The predicted molar refractivity (Wildman–Crippen MR) is 69.6 cm³/mol. The van der Waals surface area contributed by atoms with Crippen LogP contribution in [0.1, 0.15) is 36.7 Å². The molecule has 1 aromatic rings. The van der Waals surface area contributed by atoms with Crippen LogP contribution in [0, 0.1) is 0 Å². The quantitative estimate of drug-likeness (QED) is 0.472. The van der Waals surface area contributed by atoms with Crippen LogP contribution in [0.4, 0.5) is 0 Å². The number of esters is 1. The Bertz CT molecular complexity index is 396. The highest BCUT2D eigenvalue weighted by atomic mass is 79.9. The lowest BCUT2D eigenvalue weighted by Crippen LogP contribution is -2.28. The molecule has 0 spiro atoms. The average Bonchev–Trinajstić information content (AvgIpc) is 2.14. The van der Waals surface area contributed by atoms with E-state index in [-0.39, 0.29) is 5.97 Å². The van der Waals surface area contributed by atoms with Gasteiger partial charge in [-0.2, -0.15) is 0 Å². The molecule has 0 heterocycles. The molecule has 0 saturated heterocycles. The van der Waals surface area contributed by atoms with Crippen LogP contribution in [0.2, 0.25) is 0 Å². The molecule has 4 heteroatoms. The van der Waals surface area contributed by atoms with Gasteiger partial charge in [0.1, 0.15) is 13.4 Å². The van der Waals surface area contributed by atoms with Crippen LogP contribution in [0.15, 0.2) is 18.2 Å². The summed E-state index contributed by atoms with van der Waals surface area (Å²) in [6, 6.07) is 5.37. The molecule has 0 saturated carbocycles. The maximum absolute atomic E-state index is 11.9. The molecule has 1 aromatic carbocycles. The molecule has 0 N–H and O–H groups in total. The first-order valence-corrected chi connectivity index (χ1v) is 6.14. The summed E-state index contributed by atoms with van der Waals surface area (Å²) in [5.74, 6) is -0.375. The SMILES string of the molecule is [B]c1cccc(CBr)c1C(=O)OC(C)(C)C. The van der Waals surface area contributed by atoms with E-state index in [4.69, 9.17) is 12.6 Å². The van der Waals surface area contributed by atoms with E-state index in [1.807, 2.05) is 32.9 Å². The van der Waals surface area contributed by atoms with E-state index in [2.05, 4.69) is 15.9 Å². The number of halogens is 1. The van der Waals surface area contributed by atoms with E-state index in [1.165, 1.54) is 0 Å². The van der Waals surface area contributed by atoms with Gasteiger partial charge in [0.2, 0.25) is 0 Å².